The zero-order valence-corrected chi connectivity index (χ0v) is 7.25. The van der Waals surface area contributed by atoms with Crippen molar-refractivity contribution in [3.63, 3.8) is 0 Å². The van der Waals surface area contributed by atoms with Gasteiger partial charge in [-0.05, 0) is 37.6 Å². The van der Waals surface area contributed by atoms with E-state index in [1.54, 1.807) is 7.11 Å². The summed E-state index contributed by atoms with van der Waals surface area (Å²) in [6, 6.07) is 7.51. The van der Waals surface area contributed by atoms with Crippen LogP contribution in [-0.4, -0.2) is 13.7 Å². The maximum absolute atomic E-state index is 5.34. The molecule has 0 unspecified atom stereocenters. The number of benzene rings is 1. The lowest BCUT2D eigenvalue weighted by Gasteiger charge is -2.04. The molecule has 1 aromatic rings. The highest BCUT2D eigenvalue weighted by Crippen LogP contribution is 2.16. The molecule has 0 saturated carbocycles. The summed E-state index contributed by atoms with van der Waals surface area (Å²) >= 11 is 0. The minimum Gasteiger partial charge on any atom is -0.497 e. The Balaban J connectivity index is 2.53. The van der Waals surface area contributed by atoms with E-state index in [4.69, 9.17) is 9.47 Å². The van der Waals surface area contributed by atoms with Crippen LogP contribution >= 0.6 is 0 Å². The molecule has 0 N–H and O–H groups in total. The second-order valence-electron chi connectivity index (χ2n) is 2.38. The van der Waals surface area contributed by atoms with Gasteiger partial charge in [-0.15, -0.1) is 0 Å². The van der Waals surface area contributed by atoms with Crippen molar-refractivity contribution in [3.8, 4) is 11.5 Å². The van der Waals surface area contributed by atoms with E-state index in [0.717, 1.165) is 17.9 Å². The fourth-order valence-electron chi connectivity index (χ4n) is 0.862. The number of rotatable bonds is 4. The monoisotopic (exact) mass is 165 g/mol. The first-order valence-corrected chi connectivity index (χ1v) is 3.93. The Morgan fingerprint density at radius 3 is 2.25 bits per heavy atom. The van der Waals surface area contributed by atoms with Gasteiger partial charge in [0, 0.05) is 0 Å². The molecule has 0 fully saturated rings. The van der Waals surface area contributed by atoms with E-state index in [0.29, 0.717) is 6.61 Å². The van der Waals surface area contributed by atoms with Gasteiger partial charge in [0.25, 0.3) is 0 Å². The van der Waals surface area contributed by atoms with Crippen molar-refractivity contribution in [1.29, 1.82) is 0 Å². The Labute approximate surface area is 73.1 Å². The van der Waals surface area contributed by atoms with E-state index in [1.165, 1.54) is 0 Å². The molecule has 0 aromatic heterocycles. The molecule has 0 bridgehead atoms. The lowest BCUT2D eigenvalue weighted by atomic mass is 10.3. The molecule has 0 amide bonds. The van der Waals surface area contributed by atoms with Crippen LogP contribution in [0.15, 0.2) is 24.3 Å². The minimum absolute atomic E-state index is 0.659. The molecule has 1 aromatic carbocycles. The van der Waals surface area contributed by atoms with Crippen LogP contribution in [0.3, 0.4) is 0 Å². The van der Waals surface area contributed by atoms with Crippen molar-refractivity contribution in [2.45, 2.75) is 6.42 Å². The summed E-state index contributed by atoms with van der Waals surface area (Å²) in [4.78, 5) is 0. The third-order valence-electron chi connectivity index (χ3n) is 1.47. The summed E-state index contributed by atoms with van der Waals surface area (Å²) in [5.41, 5.74) is 0. The fraction of sp³-hybridized carbons (Fsp3) is 0.300. The Morgan fingerprint density at radius 1 is 1.17 bits per heavy atom. The van der Waals surface area contributed by atoms with Crippen molar-refractivity contribution in [2.75, 3.05) is 13.7 Å². The van der Waals surface area contributed by atoms with Crippen LogP contribution in [0, 0.1) is 6.92 Å². The molecule has 1 rings (SSSR count). The summed E-state index contributed by atoms with van der Waals surface area (Å²) in [6.07, 6.45) is 0.784. The van der Waals surface area contributed by atoms with Crippen LogP contribution in [0.2, 0.25) is 0 Å². The van der Waals surface area contributed by atoms with Gasteiger partial charge in [0.2, 0.25) is 0 Å². The van der Waals surface area contributed by atoms with E-state index in [9.17, 15) is 0 Å². The number of methoxy groups -OCH3 is 1. The van der Waals surface area contributed by atoms with Gasteiger partial charge in [-0.1, -0.05) is 0 Å². The maximum atomic E-state index is 5.34. The highest BCUT2D eigenvalue weighted by Gasteiger charge is 1.92. The summed E-state index contributed by atoms with van der Waals surface area (Å²) < 4.78 is 10.3. The maximum Gasteiger partial charge on any atom is 0.119 e. The van der Waals surface area contributed by atoms with E-state index in [2.05, 4.69) is 6.92 Å². The van der Waals surface area contributed by atoms with Crippen molar-refractivity contribution in [2.24, 2.45) is 0 Å². The van der Waals surface area contributed by atoms with Crippen LogP contribution in [0.4, 0.5) is 0 Å². The topological polar surface area (TPSA) is 18.5 Å². The molecular formula is C10H13O2. The standard InChI is InChI=1S/C10H13O2/c1-3-8-12-10-6-4-9(11-2)5-7-10/h4-7H,1,3,8H2,2H3. The van der Waals surface area contributed by atoms with Gasteiger partial charge in [0.15, 0.2) is 0 Å². The summed E-state index contributed by atoms with van der Waals surface area (Å²) in [7, 11) is 1.64. The van der Waals surface area contributed by atoms with Gasteiger partial charge >= 0.3 is 0 Å². The molecule has 1 radical (unpaired) electrons. The first kappa shape index (κ1) is 8.91. The van der Waals surface area contributed by atoms with Crippen LogP contribution in [0.1, 0.15) is 6.42 Å². The van der Waals surface area contributed by atoms with Crippen molar-refractivity contribution in [1.82, 2.24) is 0 Å². The average Bonchev–Trinajstić information content (AvgIpc) is 2.15. The summed E-state index contributed by atoms with van der Waals surface area (Å²) in [6.45, 7) is 4.34. The lowest BCUT2D eigenvalue weighted by molar-refractivity contribution is 0.323. The molecule has 12 heavy (non-hydrogen) atoms. The first-order chi connectivity index (χ1) is 5.86. The van der Waals surface area contributed by atoms with Gasteiger partial charge in [0.1, 0.15) is 11.5 Å². The largest absolute Gasteiger partial charge is 0.497 e. The fourth-order valence-corrected chi connectivity index (χ4v) is 0.862. The molecule has 0 aliphatic carbocycles. The Bertz CT molecular complexity index is 216. The predicted octanol–water partition coefficient (Wildman–Crippen LogP) is 2.30. The van der Waals surface area contributed by atoms with Crippen LogP contribution < -0.4 is 9.47 Å². The van der Waals surface area contributed by atoms with Gasteiger partial charge in [0.05, 0.1) is 13.7 Å². The van der Waals surface area contributed by atoms with Gasteiger partial charge in [-0.25, -0.2) is 0 Å². The normalized spacial score (nSPS) is 9.50. The third kappa shape index (κ3) is 2.46. The molecule has 0 spiro atoms. The zero-order valence-electron chi connectivity index (χ0n) is 7.25. The average molecular weight is 165 g/mol. The quantitative estimate of drug-likeness (QED) is 0.681. The highest BCUT2D eigenvalue weighted by molar-refractivity contribution is 5.30. The second kappa shape index (κ2) is 4.65. The Kier molecular flexibility index (Phi) is 3.45. The zero-order chi connectivity index (χ0) is 8.81. The van der Waals surface area contributed by atoms with Crippen molar-refractivity contribution in [3.05, 3.63) is 31.2 Å². The minimum atomic E-state index is 0.659. The summed E-state index contributed by atoms with van der Waals surface area (Å²) in [5.74, 6) is 1.71. The first-order valence-electron chi connectivity index (χ1n) is 3.93. The SMILES string of the molecule is [CH2]CCOc1ccc(OC)cc1. The van der Waals surface area contributed by atoms with Crippen LogP contribution in [0.5, 0.6) is 11.5 Å². The lowest BCUT2D eigenvalue weighted by Crippen LogP contribution is -1.94. The molecule has 0 saturated heterocycles. The molecule has 0 aliphatic rings. The van der Waals surface area contributed by atoms with E-state index >= 15 is 0 Å². The molecule has 0 aliphatic heterocycles. The van der Waals surface area contributed by atoms with Gasteiger partial charge < -0.3 is 9.47 Å². The molecule has 0 atom stereocenters. The Hall–Kier alpha value is -1.18. The third-order valence-corrected chi connectivity index (χ3v) is 1.47. The van der Waals surface area contributed by atoms with Crippen LogP contribution in [0.25, 0.3) is 0 Å². The van der Waals surface area contributed by atoms with E-state index < -0.39 is 0 Å². The van der Waals surface area contributed by atoms with E-state index in [1.807, 2.05) is 24.3 Å². The van der Waals surface area contributed by atoms with Crippen molar-refractivity contribution < 1.29 is 9.47 Å². The number of hydrogen-bond acceptors (Lipinski definition) is 2. The van der Waals surface area contributed by atoms with Crippen molar-refractivity contribution >= 4 is 0 Å². The highest BCUT2D eigenvalue weighted by atomic mass is 16.5. The number of hydrogen-bond donors (Lipinski definition) is 0. The second-order valence-corrected chi connectivity index (χ2v) is 2.38. The predicted molar refractivity (Wildman–Crippen MR) is 48.5 cm³/mol. The summed E-state index contributed by atoms with van der Waals surface area (Å²) in [5, 5.41) is 0. The molecule has 0 heterocycles. The number of ether oxygens (including phenoxy) is 2. The molecule has 2 heteroatoms. The molecular weight excluding hydrogens is 152 g/mol. The van der Waals surface area contributed by atoms with Crippen LogP contribution in [-0.2, 0) is 0 Å². The van der Waals surface area contributed by atoms with E-state index in [-0.39, 0.29) is 0 Å². The van der Waals surface area contributed by atoms with Gasteiger partial charge in [-0.2, -0.15) is 0 Å². The Morgan fingerprint density at radius 2 is 1.75 bits per heavy atom. The molecule has 2 nitrogen and oxygen atoms in total. The molecule has 65 valence electrons. The van der Waals surface area contributed by atoms with Gasteiger partial charge in [-0.3, -0.25) is 0 Å². The smallest absolute Gasteiger partial charge is 0.119 e.